The van der Waals surface area contributed by atoms with Crippen molar-refractivity contribution >= 4 is 27.7 Å². The van der Waals surface area contributed by atoms with Gasteiger partial charge in [0.25, 0.3) is 0 Å². The molecule has 1 aliphatic rings. The molecule has 21 heavy (non-hydrogen) atoms. The zero-order chi connectivity index (χ0) is 14.7. The standard InChI is InChI=1S/C16H19BrN4/c1-2-18-16-19-11-14(17)15(20-16)21-9-7-12-5-3-4-6-13(12)8-10-21/h3-6,11H,2,7-10H2,1H3,(H,18,19,20). The summed E-state index contributed by atoms with van der Waals surface area (Å²) in [7, 11) is 0. The molecule has 0 spiro atoms. The van der Waals surface area contributed by atoms with Crippen LogP contribution in [0.2, 0.25) is 0 Å². The minimum atomic E-state index is 0.692. The normalized spacial score (nSPS) is 14.5. The van der Waals surface area contributed by atoms with Crippen LogP contribution in [0.5, 0.6) is 0 Å². The van der Waals surface area contributed by atoms with E-state index in [2.05, 4.69) is 60.4 Å². The van der Waals surface area contributed by atoms with Crippen LogP contribution in [-0.2, 0) is 12.8 Å². The summed E-state index contributed by atoms with van der Waals surface area (Å²) >= 11 is 3.58. The summed E-state index contributed by atoms with van der Waals surface area (Å²) in [6.45, 7) is 4.84. The fourth-order valence-electron chi connectivity index (χ4n) is 2.70. The van der Waals surface area contributed by atoms with Crippen LogP contribution < -0.4 is 10.2 Å². The van der Waals surface area contributed by atoms with Gasteiger partial charge in [-0.15, -0.1) is 0 Å². The topological polar surface area (TPSA) is 41.1 Å². The van der Waals surface area contributed by atoms with Crippen LogP contribution in [0.15, 0.2) is 34.9 Å². The van der Waals surface area contributed by atoms with Crippen molar-refractivity contribution < 1.29 is 0 Å². The average Bonchev–Trinajstić information content (AvgIpc) is 2.72. The van der Waals surface area contributed by atoms with Gasteiger partial charge in [-0.2, -0.15) is 4.98 Å². The van der Waals surface area contributed by atoms with Crippen molar-refractivity contribution in [2.75, 3.05) is 29.9 Å². The van der Waals surface area contributed by atoms with E-state index in [0.29, 0.717) is 5.95 Å². The number of hydrogen-bond donors (Lipinski definition) is 1. The summed E-state index contributed by atoms with van der Waals surface area (Å²) in [4.78, 5) is 11.3. The number of nitrogens with zero attached hydrogens (tertiary/aromatic N) is 3. The predicted octanol–water partition coefficient (Wildman–Crippen LogP) is 3.28. The second-order valence-corrected chi connectivity index (χ2v) is 6.01. The Kier molecular flexibility index (Phi) is 4.39. The van der Waals surface area contributed by atoms with E-state index in [4.69, 9.17) is 0 Å². The van der Waals surface area contributed by atoms with Gasteiger partial charge in [-0.1, -0.05) is 24.3 Å². The molecule has 1 aromatic heterocycles. The summed E-state index contributed by atoms with van der Waals surface area (Å²) in [6, 6.07) is 8.71. The molecule has 0 fully saturated rings. The molecule has 110 valence electrons. The number of anilines is 2. The largest absolute Gasteiger partial charge is 0.355 e. The third kappa shape index (κ3) is 3.18. The number of benzene rings is 1. The minimum Gasteiger partial charge on any atom is -0.355 e. The predicted molar refractivity (Wildman–Crippen MR) is 90.0 cm³/mol. The van der Waals surface area contributed by atoms with Crippen molar-refractivity contribution in [1.82, 2.24) is 9.97 Å². The third-order valence-corrected chi connectivity index (χ3v) is 4.34. The number of nitrogens with one attached hydrogen (secondary N) is 1. The Morgan fingerprint density at radius 3 is 2.48 bits per heavy atom. The van der Waals surface area contributed by atoms with E-state index in [1.54, 1.807) is 0 Å². The molecule has 0 saturated carbocycles. The maximum absolute atomic E-state index is 4.65. The Labute approximate surface area is 133 Å². The average molecular weight is 347 g/mol. The molecule has 0 atom stereocenters. The first-order valence-corrected chi connectivity index (χ1v) is 8.15. The van der Waals surface area contributed by atoms with Gasteiger partial charge in [0.05, 0.1) is 4.47 Å². The van der Waals surface area contributed by atoms with Crippen LogP contribution in [0.4, 0.5) is 11.8 Å². The SMILES string of the molecule is CCNc1ncc(Br)c(N2CCc3ccccc3CC2)n1. The summed E-state index contributed by atoms with van der Waals surface area (Å²) in [5, 5.41) is 3.18. The lowest BCUT2D eigenvalue weighted by Crippen LogP contribution is -2.27. The molecule has 5 heteroatoms. The second-order valence-electron chi connectivity index (χ2n) is 5.15. The molecule has 0 amide bonds. The van der Waals surface area contributed by atoms with Crippen molar-refractivity contribution in [3.8, 4) is 0 Å². The summed E-state index contributed by atoms with van der Waals surface area (Å²) in [5.74, 6) is 1.67. The summed E-state index contributed by atoms with van der Waals surface area (Å²) < 4.78 is 0.954. The van der Waals surface area contributed by atoms with Gasteiger partial charge in [0.1, 0.15) is 5.82 Å². The molecule has 0 saturated heterocycles. The number of fused-ring (bicyclic) bond motifs is 1. The van der Waals surface area contributed by atoms with Gasteiger partial charge in [-0.25, -0.2) is 4.98 Å². The van der Waals surface area contributed by atoms with E-state index in [0.717, 1.165) is 42.8 Å². The van der Waals surface area contributed by atoms with Gasteiger partial charge in [-0.3, -0.25) is 0 Å². The van der Waals surface area contributed by atoms with Gasteiger partial charge >= 0.3 is 0 Å². The highest BCUT2D eigenvalue weighted by Crippen LogP contribution is 2.26. The fourth-order valence-corrected chi connectivity index (χ4v) is 3.14. The van der Waals surface area contributed by atoms with Gasteiger partial charge in [-0.05, 0) is 46.8 Å². The highest BCUT2D eigenvalue weighted by molar-refractivity contribution is 9.10. The van der Waals surface area contributed by atoms with E-state index < -0.39 is 0 Å². The quantitative estimate of drug-likeness (QED) is 0.925. The fraction of sp³-hybridized carbons (Fsp3) is 0.375. The van der Waals surface area contributed by atoms with Crippen LogP contribution in [0, 0.1) is 0 Å². The Balaban J connectivity index is 1.84. The first-order valence-electron chi connectivity index (χ1n) is 7.36. The summed E-state index contributed by atoms with van der Waals surface area (Å²) in [5.41, 5.74) is 2.91. The van der Waals surface area contributed by atoms with Gasteiger partial charge in [0, 0.05) is 25.8 Å². The number of aromatic nitrogens is 2. The molecule has 1 N–H and O–H groups in total. The molecular formula is C16H19BrN4. The molecule has 2 heterocycles. The molecule has 0 aliphatic carbocycles. The Bertz CT molecular complexity index is 602. The second kappa shape index (κ2) is 6.43. The lowest BCUT2D eigenvalue weighted by atomic mass is 10.0. The van der Waals surface area contributed by atoms with E-state index in [-0.39, 0.29) is 0 Å². The monoisotopic (exact) mass is 346 g/mol. The molecule has 4 nitrogen and oxygen atoms in total. The van der Waals surface area contributed by atoms with Gasteiger partial charge in [0.15, 0.2) is 0 Å². The number of hydrogen-bond acceptors (Lipinski definition) is 4. The van der Waals surface area contributed by atoms with E-state index >= 15 is 0 Å². The van der Waals surface area contributed by atoms with Crippen molar-refractivity contribution in [2.24, 2.45) is 0 Å². The maximum Gasteiger partial charge on any atom is 0.224 e. The van der Waals surface area contributed by atoms with E-state index in [1.807, 2.05) is 13.1 Å². The van der Waals surface area contributed by atoms with Crippen LogP contribution in [0.1, 0.15) is 18.1 Å². The lowest BCUT2D eigenvalue weighted by molar-refractivity contribution is 0.785. The Morgan fingerprint density at radius 1 is 1.19 bits per heavy atom. The molecule has 0 unspecified atom stereocenters. The lowest BCUT2D eigenvalue weighted by Gasteiger charge is -2.22. The molecule has 2 aromatic rings. The van der Waals surface area contributed by atoms with Crippen LogP contribution in [0.25, 0.3) is 0 Å². The molecule has 0 radical (unpaired) electrons. The first kappa shape index (κ1) is 14.3. The van der Waals surface area contributed by atoms with E-state index in [9.17, 15) is 0 Å². The maximum atomic E-state index is 4.65. The van der Waals surface area contributed by atoms with Crippen LogP contribution in [0.3, 0.4) is 0 Å². The smallest absolute Gasteiger partial charge is 0.224 e. The van der Waals surface area contributed by atoms with Crippen molar-refractivity contribution in [2.45, 2.75) is 19.8 Å². The Morgan fingerprint density at radius 2 is 1.86 bits per heavy atom. The molecule has 0 bridgehead atoms. The third-order valence-electron chi connectivity index (χ3n) is 3.78. The molecular weight excluding hydrogens is 328 g/mol. The molecule has 1 aliphatic heterocycles. The highest BCUT2D eigenvalue weighted by atomic mass is 79.9. The van der Waals surface area contributed by atoms with Crippen LogP contribution in [-0.4, -0.2) is 29.6 Å². The van der Waals surface area contributed by atoms with Crippen LogP contribution >= 0.6 is 15.9 Å². The highest BCUT2D eigenvalue weighted by Gasteiger charge is 2.17. The van der Waals surface area contributed by atoms with Gasteiger partial charge < -0.3 is 10.2 Å². The van der Waals surface area contributed by atoms with Gasteiger partial charge in [0.2, 0.25) is 5.95 Å². The zero-order valence-electron chi connectivity index (χ0n) is 12.1. The van der Waals surface area contributed by atoms with Crippen molar-refractivity contribution in [3.63, 3.8) is 0 Å². The van der Waals surface area contributed by atoms with E-state index in [1.165, 1.54) is 11.1 Å². The molecule has 3 rings (SSSR count). The molecule has 1 aromatic carbocycles. The minimum absolute atomic E-state index is 0.692. The van der Waals surface area contributed by atoms with Crippen molar-refractivity contribution in [1.29, 1.82) is 0 Å². The first-order chi connectivity index (χ1) is 10.3. The summed E-state index contributed by atoms with van der Waals surface area (Å²) in [6.07, 6.45) is 3.95. The Hall–Kier alpha value is -1.62. The van der Waals surface area contributed by atoms with Crippen molar-refractivity contribution in [3.05, 3.63) is 46.1 Å². The number of rotatable bonds is 3. The number of halogens is 1. The zero-order valence-corrected chi connectivity index (χ0v) is 13.7.